The van der Waals surface area contributed by atoms with Gasteiger partial charge in [-0.15, -0.1) is 0 Å². The van der Waals surface area contributed by atoms with E-state index in [1.54, 1.807) is 18.5 Å². The molecule has 1 N–H and O–H groups in total. The van der Waals surface area contributed by atoms with Gasteiger partial charge in [0, 0.05) is 32.4 Å². The van der Waals surface area contributed by atoms with Crippen LogP contribution in [0.4, 0.5) is 5.69 Å². The fraction of sp³-hybridized carbons (Fsp3) is 0.625. The van der Waals surface area contributed by atoms with Crippen molar-refractivity contribution in [1.82, 2.24) is 9.88 Å². The summed E-state index contributed by atoms with van der Waals surface area (Å²) in [5.74, 6) is 0.0500. The SMILES string of the molecule is CCCNc1cnccc1C(=O)N(CC)CC1CCCO1. The molecule has 1 amide bonds. The standard InChI is InChI=1S/C16H25N3O2/c1-3-8-18-15-11-17-9-7-14(15)16(20)19(4-2)12-13-6-5-10-21-13/h7,9,11,13,18H,3-6,8,10,12H2,1-2H3. The van der Waals surface area contributed by atoms with E-state index in [4.69, 9.17) is 4.74 Å². The Labute approximate surface area is 126 Å². The quantitative estimate of drug-likeness (QED) is 0.839. The van der Waals surface area contributed by atoms with Crippen LogP contribution in [0.25, 0.3) is 0 Å². The second-order valence-corrected chi connectivity index (χ2v) is 5.33. The lowest BCUT2D eigenvalue weighted by molar-refractivity contribution is 0.0540. The van der Waals surface area contributed by atoms with E-state index in [9.17, 15) is 4.79 Å². The monoisotopic (exact) mass is 291 g/mol. The molecule has 1 aromatic rings. The molecule has 5 nitrogen and oxygen atoms in total. The smallest absolute Gasteiger partial charge is 0.256 e. The Morgan fingerprint density at radius 1 is 1.52 bits per heavy atom. The summed E-state index contributed by atoms with van der Waals surface area (Å²) in [4.78, 5) is 18.7. The largest absolute Gasteiger partial charge is 0.383 e. The predicted octanol–water partition coefficient (Wildman–Crippen LogP) is 2.54. The number of carbonyl (C=O) groups is 1. The van der Waals surface area contributed by atoms with Gasteiger partial charge in [0.25, 0.3) is 5.91 Å². The third-order valence-electron chi connectivity index (χ3n) is 3.73. The minimum absolute atomic E-state index is 0.0500. The number of ether oxygens (including phenoxy) is 1. The first-order valence-electron chi connectivity index (χ1n) is 7.85. The maximum Gasteiger partial charge on any atom is 0.256 e. The highest BCUT2D eigenvalue weighted by atomic mass is 16.5. The molecule has 1 saturated heterocycles. The van der Waals surface area contributed by atoms with Gasteiger partial charge in [0.2, 0.25) is 0 Å². The second-order valence-electron chi connectivity index (χ2n) is 5.33. The molecule has 116 valence electrons. The van der Waals surface area contributed by atoms with Crippen LogP contribution < -0.4 is 5.32 Å². The average molecular weight is 291 g/mol. The average Bonchev–Trinajstić information content (AvgIpc) is 3.03. The van der Waals surface area contributed by atoms with Gasteiger partial charge in [0.15, 0.2) is 0 Å². The maximum absolute atomic E-state index is 12.8. The van der Waals surface area contributed by atoms with Crippen molar-refractivity contribution in [2.24, 2.45) is 0 Å². The third-order valence-corrected chi connectivity index (χ3v) is 3.73. The van der Waals surface area contributed by atoms with Crippen LogP contribution >= 0.6 is 0 Å². The van der Waals surface area contributed by atoms with E-state index in [0.29, 0.717) is 18.7 Å². The van der Waals surface area contributed by atoms with Crippen LogP contribution in [0.1, 0.15) is 43.5 Å². The molecule has 1 aromatic heterocycles. The zero-order chi connectivity index (χ0) is 15.1. The van der Waals surface area contributed by atoms with Crippen molar-refractivity contribution >= 4 is 11.6 Å². The first-order chi connectivity index (χ1) is 10.3. The summed E-state index contributed by atoms with van der Waals surface area (Å²) in [5, 5.41) is 3.28. The molecule has 0 bridgehead atoms. The van der Waals surface area contributed by atoms with Gasteiger partial charge in [-0.2, -0.15) is 0 Å². The van der Waals surface area contributed by atoms with Crippen molar-refractivity contribution in [3.05, 3.63) is 24.0 Å². The lowest BCUT2D eigenvalue weighted by Crippen LogP contribution is -2.37. The number of hydrogen-bond acceptors (Lipinski definition) is 4. The summed E-state index contributed by atoms with van der Waals surface area (Å²) >= 11 is 0. The molecule has 0 radical (unpaired) electrons. The lowest BCUT2D eigenvalue weighted by Gasteiger charge is -2.25. The lowest BCUT2D eigenvalue weighted by atomic mass is 10.1. The Morgan fingerprint density at radius 2 is 2.38 bits per heavy atom. The fourth-order valence-corrected chi connectivity index (χ4v) is 2.54. The normalized spacial score (nSPS) is 17.7. The molecule has 1 aliphatic heterocycles. The summed E-state index contributed by atoms with van der Waals surface area (Å²) in [5.41, 5.74) is 1.51. The molecule has 1 atom stereocenters. The van der Waals surface area contributed by atoms with Gasteiger partial charge < -0.3 is 15.0 Å². The van der Waals surface area contributed by atoms with Crippen LogP contribution in [0.5, 0.6) is 0 Å². The second kappa shape index (κ2) is 7.98. The summed E-state index contributed by atoms with van der Waals surface area (Å²) < 4.78 is 5.64. The van der Waals surface area contributed by atoms with Crippen molar-refractivity contribution in [3.63, 3.8) is 0 Å². The summed E-state index contributed by atoms with van der Waals surface area (Å²) in [6.45, 7) is 7.12. The fourth-order valence-electron chi connectivity index (χ4n) is 2.54. The van der Waals surface area contributed by atoms with E-state index < -0.39 is 0 Å². The third kappa shape index (κ3) is 4.17. The van der Waals surface area contributed by atoms with E-state index in [1.165, 1.54) is 0 Å². The van der Waals surface area contributed by atoms with E-state index in [1.807, 2.05) is 11.8 Å². The van der Waals surface area contributed by atoms with E-state index >= 15 is 0 Å². The number of rotatable bonds is 7. The van der Waals surface area contributed by atoms with Crippen LogP contribution in [-0.4, -0.2) is 48.1 Å². The molecule has 0 aliphatic carbocycles. The van der Waals surface area contributed by atoms with Gasteiger partial charge >= 0.3 is 0 Å². The molecule has 2 heterocycles. The van der Waals surface area contributed by atoms with Crippen LogP contribution in [0, 0.1) is 0 Å². The molecule has 1 fully saturated rings. The number of likely N-dealkylation sites (N-methyl/N-ethyl adjacent to an activating group) is 1. The molecule has 0 spiro atoms. The zero-order valence-corrected chi connectivity index (χ0v) is 13.0. The van der Waals surface area contributed by atoms with E-state index in [2.05, 4.69) is 17.2 Å². The van der Waals surface area contributed by atoms with E-state index in [-0.39, 0.29) is 12.0 Å². The summed E-state index contributed by atoms with van der Waals surface area (Å²) in [6, 6.07) is 1.79. The number of hydrogen-bond donors (Lipinski definition) is 1. The first kappa shape index (κ1) is 15.8. The number of pyridine rings is 1. The van der Waals surface area contributed by atoms with Crippen molar-refractivity contribution in [2.45, 2.75) is 39.2 Å². The van der Waals surface area contributed by atoms with Crippen molar-refractivity contribution in [2.75, 3.05) is 31.6 Å². The Bertz CT molecular complexity index is 459. The van der Waals surface area contributed by atoms with Gasteiger partial charge in [-0.3, -0.25) is 9.78 Å². The molecule has 2 rings (SSSR count). The number of anilines is 1. The molecule has 0 aromatic carbocycles. The maximum atomic E-state index is 12.8. The van der Waals surface area contributed by atoms with Crippen LogP contribution in [0.3, 0.4) is 0 Å². The van der Waals surface area contributed by atoms with Crippen LogP contribution in [-0.2, 0) is 4.74 Å². The Hall–Kier alpha value is -1.62. The number of nitrogens with one attached hydrogen (secondary N) is 1. The van der Waals surface area contributed by atoms with Crippen LogP contribution in [0.2, 0.25) is 0 Å². The van der Waals surface area contributed by atoms with Crippen molar-refractivity contribution in [1.29, 1.82) is 0 Å². The van der Waals surface area contributed by atoms with E-state index in [0.717, 1.165) is 38.1 Å². The predicted molar refractivity (Wildman–Crippen MR) is 83.6 cm³/mol. The minimum Gasteiger partial charge on any atom is -0.383 e. The van der Waals surface area contributed by atoms with Gasteiger partial charge in [-0.1, -0.05) is 6.92 Å². The minimum atomic E-state index is 0.0500. The van der Waals surface area contributed by atoms with Crippen molar-refractivity contribution < 1.29 is 9.53 Å². The molecule has 21 heavy (non-hydrogen) atoms. The number of aromatic nitrogens is 1. The highest BCUT2D eigenvalue weighted by Gasteiger charge is 2.23. The topological polar surface area (TPSA) is 54.5 Å². The number of carbonyl (C=O) groups excluding carboxylic acids is 1. The van der Waals surface area contributed by atoms with Gasteiger partial charge in [-0.25, -0.2) is 0 Å². The van der Waals surface area contributed by atoms with Crippen molar-refractivity contribution in [3.8, 4) is 0 Å². The molecule has 0 saturated carbocycles. The Morgan fingerprint density at radius 3 is 3.05 bits per heavy atom. The molecule has 1 unspecified atom stereocenters. The number of nitrogens with zero attached hydrogens (tertiary/aromatic N) is 2. The summed E-state index contributed by atoms with van der Waals surface area (Å²) in [6.07, 6.45) is 6.72. The highest BCUT2D eigenvalue weighted by molar-refractivity contribution is 5.99. The molecule has 1 aliphatic rings. The first-order valence-corrected chi connectivity index (χ1v) is 7.85. The van der Waals surface area contributed by atoms with Gasteiger partial charge in [0.05, 0.1) is 23.6 Å². The van der Waals surface area contributed by atoms with Gasteiger partial charge in [0.1, 0.15) is 0 Å². The molecular formula is C16H25N3O2. The van der Waals surface area contributed by atoms with Gasteiger partial charge in [-0.05, 0) is 32.3 Å². The Balaban J connectivity index is 2.08. The number of amides is 1. The van der Waals surface area contributed by atoms with Crippen LogP contribution in [0.15, 0.2) is 18.5 Å². The zero-order valence-electron chi connectivity index (χ0n) is 13.0. The molecular weight excluding hydrogens is 266 g/mol. The summed E-state index contributed by atoms with van der Waals surface area (Å²) in [7, 11) is 0. The Kier molecular flexibility index (Phi) is 5.99. The highest BCUT2D eigenvalue weighted by Crippen LogP contribution is 2.19. The molecule has 5 heteroatoms.